The van der Waals surface area contributed by atoms with E-state index in [4.69, 9.17) is 16.3 Å². The molecule has 1 amide bonds. The predicted octanol–water partition coefficient (Wildman–Crippen LogP) is 3.83. The van der Waals surface area contributed by atoms with Crippen molar-refractivity contribution in [2.24, 2.45) is 10.8 Å². The standard InChI is InChI=1S/C19H23ClN2O5/c1-18(2)7-13-8-19(3,10-18)11-21(13)16(23)9-27-17(24)12-4-5-14(20)15(6-12)22(25)26/h4-6,13H,7-11H2,1-3H3/t13-,19+/m1/s1. The van der Waals surface area contributed by atoms with E-state index in [0.29, 0.717) is 6.54 Å². The molecule has 7 nitrogen and oxygen atoms in total. The van der Waals surface area contributed by atoms with Gasteiger partial charge in [0.15, 0.2) is 6.61 Å². The van der Waals surface area contributed by atoms with Crippen LogP contribution in [0.15, 0.2) is 18.2 Å². The molecule has 0 N–H and O–H groups in total. The van der Waals surface area contributed by atoms with Gasteiger partial charge in [0.05, 0.1) is 10.5 Å². The zero-order chi connectivity index (χ0) is 20.0. The summed E-state index contributed by atoms with van der Waals surface area (Å²) in [5.41, 5.74) is -0.0952. The fourth-order valence-electron chi connectivity index (χ4n) is 4.82. The second-order valence-corrected chi connectivity index (χ2v) is 9.14. The molecule has 1 heterocycles. The Hall–Kier alpha value is -2.15. The monoisotopic (exact) mass is 394 g/mol. The van der Waals surface area contributed by atoms with Crippen molar-refractivity contribution >= 4 is 29.2 Å². The maximum absolute atomic E-state index is 12.6. The highest BCUT2D eigenvalue weighted by Gasteiger charge is 2.50. The topological polar surface area (TPSA) is 89.8 Å². The summed E-state index contributed by atoms with van der Waals surface area (Å²) in [6.07, 6.45) is 2.97. The van der Waals surface area contributed by atoms with Crippen LogP contribution in [0.1, 0.15) is 50.4 Å². The summed E-state index contributed by atoms with van der Waals surface area (Å²) in [5, 5.41) is 10.9. The number of carbonyl (C=O) groups excluding carboxylic acids is 2. The van der Waals surface area contributed by atoms with E-state index in [1.54, 1.807) is 0 Å². The average Bonchev–Trinajstić information content (AvgIpc) is 2.81. The number of hydrogen-bond acceptors (Lipinski definition) is 5. The van der Waals surface area contributed by atoms with Crippen LogP contribution in [0.4, 0.5) is 5.69 Å². The Labute approximate surface area is 162 Å². The Balaban J connectivity index is 1.64. The second-order valence-electron chi connectivity index (χ2n) is 8.73. The van der Waals surface area contributed by atoms with Crippen molar-refractivity contribution in [2.45, 2.75) is 46.1 Å². The molecule has 3 rings (SSSR count). The molecule has 0 radical (unpaired) electrons. The first-order valence-electron chi connectivity index (χ1n) is 8.90. The Bertz CT molecular complexity index is 809. The maximum Gasteiger partial charge on any atom is 0.338 e. The van der Waals surface area contributed by atoms with E-state index >= 15 is 0 Å². The van der Waals surface area contributed by atoms with Gasteiger partial charge in [-0.3, -0.25) is 14.9 Å². The van der Waals surface area contributed by atoms with Crippen LogP contribution in [-0.2, 0) is 9.53 Å². The van der Waals surface area contributed by atoms with Crippen molar-refractivity contribution in [3.8, 4) is 0 Å². The van der Waals surface area contributed by atoms with Gasteiger partial charge in [0.1, 0.15) is 5.02 Å². The van der Waals surface area contributed by atoms with Gasteiger partial charge in [-0.25, -0.2) is 4.79 Å². The van der Waals surface area contributed by atoms with Crippen LogP contribution in [0.2, 0.25) is 5.02 Å². The highest BCUT2D eigenvalue weighted by molar-refractivity contribution is 6.32. The van der Waals surface area contributed by atoms with E-state index in [1.165, 1.54) is 12.1 Å². The molecule has 0 unspecified atom stereocenters. The first kappa shape index (κ1) is 19.6. The summed E-state index contributed by atoms with van der Waals surface area (Å²) in [5.74, 6) is -1.00. The predicted molar refractivity (Wildman–Crippen MR) is 99.6 cm³/mol. The molecule has 2 atom stereocenters. The molecule has 2 aliphatic rings. The lowest BCUT2D eigenvalue weighted by atomic mass is 9.65. The smallest absolute Gasteiger partial charge is 0.338 e. The average molecular weight is 395 g/mol. The van der Waals surface area contributed by atoms with Gasteiger partial charge in [-0.05, 0) is 42.2 Å². The van der Waals surface area contributed by atoms with Gasteiger partial charge in [-0.1, -0.05) is 32.4 Å². The molecule has 1 aromatic carbocycles. The second kappa shape index (κ2) is 6.78. The van der Waals surface area contributed by atoms with E-state index < -0.39 is 10.9 Å². The van der Waals surface area contributed by atoms with Gasteiger partial charge >= 0.3 is 5.97 Å². The Morgan fingerprint density at radius 3 is 2.70 bits per heavy atom. The number of fused-ring (bicyclic) bond motifs is 2. The van der Waals surface area contributed by atoms with E-state index in [-0.39, 0.29) is 45.7 Å². The van der Waals surface area contributed by atoms with Gasteiger partial charge in [-0.2, -0.15) is 0 Å². The Morgan fingerprint density at radius 2 is 2.04 bits per heavy atom. The Kier molecular flexibility index (Phi) is 4.93. The van der Waals surface area contributed by atoms with Crippen molar-refractivity contribution in [3.63, 3.8) is 0 Å². The third kappa shape index (κ3) is 4.08. The number of nitro groups is 1. The number of nitro benzene ring substituents is 1. The summed E-state index contributed by atoms with van der Waals surface area (Å²) in [4.78, 5) is 36.9. The van der Waals surface area contributed by atoms with Crippen LogP contribution in [-0.4, -0.2) is 40.9 Å². The summed E-state index contributed by atoms with van der Waals surface area (Å²) in [6, 6.07) is 3.84. The minimum atomic E-state index is -0.781. The molecular weight excluding hydrogens is 372 g/mol. The third-order valence-electron chi connectivity index (χ3n) is 5.44. The van der Waals surface area contributed by atoms with E-state index in [0.717, 1.165) is 25.3 Å². The number of carbonyl (C=O) groups is 2. The van der Waals surface area contributed by atoms with Crippen LogP contribution in [0.3, 0.4) is 0 Å². The molecular formula is C19H23ClN2O5. The van der Waals surface area contributed by atoms with E-state index in [2.05, 4.69) is 20.8 Å². The quantitative estimate of drug-likeness (QED) is 0.439. The van der Waals surface area contributed by atoms with Crippen molar-refractivity contribution in [2.75, 3.05) is 13.2 Å². The van der Waals surface area contributed by atoms with Crippen LogP contribution in [0.5, 0.6) is 0 Å². The molecule has 1 saturated heterocycles. The molecule has 0 spiro atoms. The van der Waals surface area contributed by atoms with E-state index in [1.807, 2.05) is 4.90 Å². The minimum Gasteiger partial charge on any atom is -0.452 e. The summed E-state index contributed by atoms with van der Waals surface area (Å²) < 4.78 is 5.11. The maximum atomic E-state index is 12.6. The van der Waals surface area contributed by atoms with Crippen LogP contribution in [0.25, 0.3) is 0 Å². The number of nitrogens with zero attached hydrogens (tertiary/aromatic N) is 2. The number of likely N-dealkylation sites (tertiary alicyclic amines) is 1. The number of ether oxygens (including phenoxy) is 1. The summed E-state index contributed by atoms with van der Waals surface area (Å²) in [6.45, 7) is 6.94. The van der Waals surface area contributed by atoms with Crippen LogP contribution >= 0.6 is 11.6 Å². The van der Waals surface area contributed by atoms with Crippen molar-refractivity contribution in [1.82, 2.24) is 4.90 Å². The first-order valence-corrected chi connectivity index (χ1v) is 9.28. The number of benzene rings is 1. The Morgan fingerprint density at radius 1 is 1.33 bits per heavy atom. The lowest BCUT2D eigenvalue weighted by Gasteiger charge is -2.39. The molecule has 1 aliphatic heterocycles. The molecule has 2 bridgehead atoms. The molecule has 0 aromatic heterocycles. The molecule has 2 fully saturated rings. The zero-order valence-corrected chi connectivity index (χ0v) is 16.4. The molecule has 1 aromatic rings. The van der Waals surface area contributed by atoms with Gasteiger partial charge in [0.25, 0.3) is 11.6 Å². The number of rotatable bonds is 4. The highest BCUT2D eigenvalue weighted by atomic mass is 35.5. The number of esters is 1. The largest absolute Gasteiger partial charge is 0.452 e. The third-order valence-corrected chi connectivity index (χ3v) is 5.76. The lowest BCUT2D eigenvalue weighted by Crippen LogP contribution is -2.39. The number of amides is 1. The zero-order valence-electron chi connectivity index (χ0n) is 15.7. The highest BCUT2D eigenvalue weighted by Crippen LogP contribution is 2.52. The minimum absolute atomic E-state index is 0.00726. The van der Waals surface area contributed by atoms with Crippen molar-refractivity contribution < 1.29 is 19.2 Å². The SMILES string of the molecule is CC1(C)C[C@@H]2C[C@](C)(CN2C(=O)COC(=O)c2ccc(Cl)c([N+](=O)[O-])c2)C1. The van der Waals surface area contributed by atoms with E-state index in [9.17, 15) is 19.7 Å². The number of halogens is 1. The molecule has 27 heavy (non-hydrogen) atoms. The van der Waals surface area contributed by atoms with Crippen LogP contribution in [0, 0.1) is 20.9 Å². The molecule has 1 aliphatic carbocycles. The van der Waals surface area contributed by atoms with Gasteiger partial charge in [0.2, 0.25) is 0 Å². The number of hydrogen-bond donors (Lipinski definition) is 0. The van der Waals surface area contributed by atoms with Gasteiger partial charge < -0.3 is 9.64 Å². The first-order chi connectivity index (χ1) is 12.5. The molecule has 1 saturated carbocycles. The van der Waals surface area contributed by atoms with Crippen LogP contribution < -0.4 is 0 Å². The van der Waals surface area contributed by atoms with Gasteiger partial charge in [-0.15, -0.1) is 0 Å². The fraction of sp³-hybridized carbons (Fsp3) is 0.579. The summed E-state index contributed by atoms with van der Waals surface area (Å²) >= 11 is 5.74. The fourth-order valence-corrected chi connectivity index (χ4v) is 5.01. The van der Waals surface area contributed by atoms with Crippen molar-refractivity contribution in [3.05, 3.63) is 38.9 Å². The molecule has 8 heteroatoms. The summed E-state index contributed by atoms with van der Waals surface area (Å²) in [7, 11) is 0. The lowest BCUT2D eigenvalue weighted by molar-refractivity contribution is -0.384. The van der Waals surface area contributed by atoms with Gasteiger partial charge in [0, 0.05) is 18.7 Å². The van der Waals surface area contributed by atoms with Crippen molar-refractivity contribution in [1.29, 1.82) is 0 Å². The molecule has 146 valence electrons. The normalized spacial score (nSPS) is 25.9.